The highest BCUT2D eigenvalue weighted by molar-refractivity contribution is 6.10. The lowest BCUT2D eigenvalue weighted by Gasteiger charge is -2.45. The fourth-order valence-electron chi connectivity index (χ4n) is 6.87. The van der Waals surface area contributed by atoms with Crippen molar-refractivity contribution in [1.82, 2.24) is 4.90 Å². The number of amides is 3. The summed E-state index contributed by atoms with van der Waals surface area (Å²) in [5.74, 6) is -3.44. The Bertz CT molecular complexity index is 1420. The quantitative estimate of drug-likeness (QED) is 0.327. The average Bonchev–Trinajstić information content (AvgIpc) is 3.23. The molecule has 7 rings (SSSR count). The number of anilines is 1. The number of benzene rings is 3. The highest BCUT2D eigenvalue weighted by atomic mass is 16.5. The molecule has 3 aromatic rings. The molecule has 1 fully saturated rings. The number of likely N-dealkylation sites (tertiary alicyclic amines) is 1. The normalized spacial score (nSPS) is 22.6. The van der Waals surface area contributed by atoms with Gasteiger partial charge >= 0.3 is 5.97 Å². The van der Waals surface area contributed by atoms with Crippen LogP contribution in [0.25, 0.3) is 0 Å². The minimum Gasteiger partial charge on any atom is -0.494 e. The van der Waals surface area contributed by atoms with E-state index in [0.29, 0.717) is 18.0 Å². The third-order valence-corrected chi connectivity index (χ3v) is 8.43. The second-order valence-electron chi connectivity index (χ2n) is 11.1. The molecule has 8 nitrogen and oxygen atoms in total. The third kappa shape index (κ3) is 4.38. The van der Waals surface area contributed by atoms with E-state index in [2.05, 4.69) is 5.32 Å². The van der Waals surface area contributed by atoms with E-state index in [1.807, 2.05) is 55.5 Å². The summed E-state index contributed by atoms with van der Waals surface area (Å²) in [7, 11) is 0. The molecular formula is C33H32N2O6. The molecule has 3 amide bonds. The summed E-state index contributed by atoms with van der Waals surface area (Å²) < 4.78 is 10.8. The van der Waals surface area contributed by atoms with E-state index in [-0.39, 0.29) is 23.7 Å². The predicted octanol–water partition coefficient (Wildman–Crippen LogP) is 4.48. The molecule has 0 radical (unpaired) electrons. The highest BCUT2D eigenvalue weighted by Crippen LogP contribution is 2.61. The van der Waals surface area contributed by atoms with E-state index in [9.17, 15) is 19.2 Å². The average molecular weight is 553 g/mol. The van der Waals surface area contributed by atoms with Gasteiger partial charge in [-0.15, -0.1) is 0 Å². The van der Waals surface area contributed by atoms with Gasteiger partial charge in [-0.05, 0) is 59.4 Å². The number of ether oxygens (including phenoxy) is 2. The highest BCUT2D eigenvalue weighted by Gasteiger charge is 2.63. The maximum Gasteiger partial charge on any atom is 0.330 e. The number of hydrogen-bond acceptors (Lipinski definition) is 6. The first-order valence-electron chi connectivity index (χ1n) is 14.1. The van der Waals surface area contributed by atoms with Gasteiger partial charge in [0.2, 0.25) is 11.8 Å². The molecule has 1 heterocycles. The molecule has 3 aliphatic carbocycles. The molecule has 1 saturated heterocycles. The molecule has 210 valence electrons. The molecule has 4 aliphatic rings. The first-order chi connectivity index (χ1) is 19.8. The van der Waals surface area contributed by atoms with Gasteiger partial charge in [-0.1, -0.05) is 62.4 Å². The van der Waals surface area contributed by atoms with Crippen LogP contribution in [0.5, 0.6) is 5.75 Å². The molecule has 2 bridgehead atoms. The van der Waals surface area contributed by atoms with Crippen molar-refractivity contribution in [3.05, 3.63) is 95.1 Å². The van der Waals surface area contributed by atoms with Gasteiger partial charge in [0.15, 0.2) is 6.61 Å². The van der Waals surface area contributed by atoms with Gasteiger partial charge in [0, 0.05) is 17.5 Å². The predicted molar refractivity (Wildman–Crippen MR) is 151 cm³/mol. The summed E-state index contributed by atoms with van der Waals surface area (Å²) in [5.41, 5.74) is 4.79. The maximum atomic E-state index is 14.1. The SMILES string of the molecule is CCOc1ccc(NC(=O)COC(=O)[C@@H](C(C)C)N2C(=O)[C@@H]3C4c5ccccc5C(c5ccccc54)[C@@H]3C2=O)cc1. The summed E-state index contributed by atoms with van der Waals surface area (Å²) in [4.78, 5) is 55.2. The fourth-order valence-corrected chi connectivity index (χ4v) is 6.87. The molecular weight excluding hydrogens is 520 g/mol. The van der Waals surface area contributed by atoms with Crippen LogP contribution >= 0.6 is 0 Å². The van der Waals surface area contributed by atoms with Crippen LogP contribution in [-0.4, -0.2) is 47.8 Å². The van der Waals surface area contributed by atoms with E-state index in [1.165, 1.54) is 0 Å². The van der Waals surface area contributed by atoms with Crippen LogP contribution in [0, 0.1) is 17.8 Å². The Morgan fingerprint density at radius 2 is 1.29 bits per heavy atom. The van der Waals surface area contributed by atoms with Crippen molar-refractivity contribution in [2.75, 3.05) is 18.5 Å². The largest absolute Gasteiger partial charge is 0.494 e. The number of hydrogen-bond donors (Lipinski definition) is 1. The molecule has 8 heteroatoms. The number of imide groups is 1. The summed E-state index contributed by atoms with van der Waals surface area (Å²) in [6.07, 6.45) is 0. The van der Waals surface area contributed by atoms with E-state index in [4.69, 9.17) is 9.47 Å². The number of carbonyl (C=O) groups excluding carboxylic acids is 4. The first kappa shape index (κ1) is 26.7. The zero-order valence-electron chi connectivity index (χ0n) is 23.2. The van der Waals surface area contributed by atoms with Gasteiger partial charge in [-0.25, -0.2) is 4.79 Å². The monoisotopic (exact) mass is 552 g/mol. The smallest absolute Gasteiger partial charge is 0.330 e. The van der Waals surface area contributed by atoms with Gasteiger partial charge in [-0.2, -0.15) is 0 Å². The molecule has 0 saturated carbocycles. The van der Waals surface area contributed by atoms with E-state index in [0.717, 1.165) is 27.2 Å². The maximum absolute atomic E-state index is 14.1. The van der Waals surface area contributed by atoms with Crippen molar-refractivity contribution in [2.24, 2.45) is 17.8 Å². The Hall–Kier alpha value is -4.46. The number of rotatable bonds is 8. The molecule has 0 spiro atoms. The van der Waals surface area contributed by atoms with Crippen molar-refractivity contribution >= 4 is 29.4 Å². The second kappa shape index (κ2) is 10.5. The summed E-state index contributed by atoms with van der Waals surface area (Å²) in [5, 5.41) is 2.68. The van der Waals surface area contributed by atoms with Crippen LogP contribution in [0.1, 0.15) is 54.9 Å². The van der Waals surface area contributed by atoms with E-state index < -0.39 is 42.3 Å². The zero-order chi connectivity index (χ0) is 28.8. The Balaban J connectivity index is 1.22. The molecule has 3 aromatic carbocycles. The number of nitrogens with one attached hydrogen (secondary N) is 1. The van der Waals surface area contributed by atoms with Crippen LogP contribution in [-0.2, 0) is 23.9 Å². The first-order valence-corrected chi connectivity index (χ1v) is 14.1. The van der Waals surface area contributed by atoms with Gasteiger partial charge in [0.05, 0.1) is 18.4 Å². The van der Waals surface area contributed by atoms with Crippen LogP contribution in [0.2, 0.25) is 0 Å². The lowest BCUT2D eigenvalue weighted by molar-refractivity contribution is -0.162. The summed E-state index contributed by atoms with van der Waals surface area (Å²) in [6, 6.07) is 21.7. The van der Waals surface area contributed by atoms with Gasteiger partial charge in [0.1, 0.15) is 11.8 Å². The minimum absolute atomic E-state index is 0.262. The summed E-state index contributed by atoms with van der Waals surface area (Å²) >= 11 is 0. The molecule has 3 atom stereocenters. The number of nitrogens with zero attached hydrogens (tertiary/aromatic N) is 1. The second-order valence-corrected chi connectivity index (χ2v) is 11.1. The molecule has 0 aromatic heterocycles. The van der Waals surface area contributed by atoms with Crippen LogP contribution in [0.3, 0.4) is 0 Å². The number of esters is 1. The van der Waals surface area contributed by atoms with Crippen molar-refractivity contribution < 1.29 is 28.7 Å². The molecule has 1 aliphatic heterocycles. The van der Waals surface area contributed by atoms with Crippen LogP contribution < -0.4 is 10.1 Å². The van der Waals surface area contributed by atoms with Gasteiger partial charge in [0.25, 0.3) is 5.91 Å². The van der Waals surface area contributed by atoms with Crippen molar-refractivity contribution in [3.8, 4) is 5.75 Å². The number of carbonyl (C=O) groups is 4. The Labute approximate surface area is 238 Å². The summed E-state index contributed by atoms with van der Waals surface area (Å²) in [6.45, 7) is 5.41. The van der Waals surface area contributed by atoms with Gasteiger partial charge in [-0.3, -0.25) is 19.3 Å². The third-order valence-electron chi connectivity index (χ3n) is 8.43. The Kier molecular flexibility index (Phi) is 6.85. The van der Waals surface area contributed by atoms with Crippen molar-refractivity contribution in [3.63, 3.8) is 0 Å². The lowest BCUT2D eigenvalue weighted by atomic mass is 9.55. The van der Waals surface area contributed by atoms with Gasteiger partial charge < -0.3 is 14.8 Å². The van der Waals surface area contributed by atoms with E-state index in [1.54, 1.807) is 38.1 Å². The van der Waals surface area contributed by atoms with E-state index >= 15 is 0 Å². The lowest BCUT2D eigenvalue weighted by Crippen LogP contribution is -2.49. The minimum atomic E-state index is -1.13. The Morgan fingerprint density at radius 3 is 1.73 bits per heavy atom. The molecule has 41 heavy (non-hydrogen) atoms. The van der Waals surface area contributed by atoms with Crippen LogP contribution in [0.15, 0.2) is 72.8 Å². The van der Waals surface area contributed by atoms with Crippen LogP contribution in [0.4, 0.5) is 5.69 Å². The molecule has 0 unspecified atom stereocenters. The molecule has 1 N–H and O–H groups in total. The van der Waals surface area contributed by atoms with Crippen molar-refractivity contribution in [1.29, 1.82) is 0 Å². The standard InChI is InChI=1S/C33H32N2O6/c1-4-40-20-15-13-19(14-16-20)34-25(36)17-41-33(39)30(18(2)3)35-31(37)28-26-21-9-5-6-10-22(21)27(29(28)32(35)38)24-12-8-7-11-23(24)26/h5-16,18,26-30H,4,17H2,1-3H3,(H,34,36)/t26?,27?,28-,29+,30-/m1/s1. The zero-order valence-corrected chi connectivity index (χ0v) is 23.2. The topological polar surface area (TPSA) is 102 Å². The Morgan fingerprint density at radius 1 is 0.805 bits per heavy atom. The fraction of sp³-hybridized carbons (Fsp3) is 0.333. The van der Waals surface area contributed by atoms with Crippen molar-refractivity contribution in [2.45, 2.75) is 38.6 Å².